The molecule has 1 aliphatic rings. The van der Waals surface area contributed by atoms with Crippen LogP contribution >= 0.6 is 11.8 Å². The molecule has 1 heterocycles. The smallest absolute Gasteiger partial charge is 0.237 e. The zero-order valence-corrected chi connectivity index (χ0v) is 13.6. The van der Waals surface area contributed by atoms with Gasteiger partial charge in [-0.3, -0.25) is 4.79 Å². The number of nitrogens with zero attached hydrogens (tertiary/aromatic N) is 1. The molecule has 0 aliphatic carbocycles. The molecule has 114 valence electrons. The summed E-state index contributed by atoms with van der Waals surface area (Å²) in [5, 5.41) is 2.45. The van der Waals surface area contributed by atoms with Crippen LogP contribution in [0.15, 0.2) is 71.6 Å². The van der Waals surface area contributed by atoms with Crippen molar-refractivity contribution in [3.63, 3.8) is 0 Å². The van der Waals surface area contributed by atoms with Crippen molar-refractivity contribution >= 4 is 34.1 Å². The van der Waals surface area contributed by atoms with Gasteiger partial charge in [-0.1, -0.05) is 48.5 Å². The Hall–Kier alpha value is -2.26. The minimum Gasteiger partial charge on any atom is -0.311 e. The molecule has 3 aromatic carbocycles. The molecule has 0 saturated carbocycles. The molecule has 0 bridgehead atoms. The van der Waals surface area contributed by atoms with E-state index in [1.54, 1.807) is 11.8 Å². The van der Waals surface area contributed by atoms with Gasteiger partial charge in [-0.2, -0.15) is 0 Å². The molecule has 2 nitrogen and oxygen atoms in total. The first kappa shape index (κ1) is 14.3. The van der Waals surface area contributed by atoms with E-state index >= 15 is 0 Å². The van der Waals surface area contributed by atoms with Crippen LogP contribution in [-0.4, -0.2) is 18.2 Å². The Morgan fingerprint density at radius 1 is 0.957 bits per heavy atom. The van der Waals surface area contributed by atoms with Crippen LogP contribution in [0.5, 0.6) is 0 Å². The summed E-state index contributed by atoms with van der Waals surface area (Å²) in [5.74, 6) is 0.667. The van der Waals surface area contributed by atoms with Crippen LogP contribution in [0.2, 0.25) is 0 Å². The predicted octanol–water partition coefficient (Wildman–Crippen LogP) is 4.52. The van der Waals surface area contributed by atoms with Crippen molar-refractivity contribution in [3.05, 3.63) is 72.3 Å². The van der Waals surface area contributed by atoms with Crippen molar-refractivity contribution in [3.8, 4) is 0 Å². The van der Waals surface area contributed by atoms with E-state index in [1.807, 2.05) is 35.2 Å². The minimum absolute atomic E-state index is 0.188. The van der Waals surface area contributed by atoms with Crippen molar-refractivity contribution in [1.82, 2.24) is 0 Å². The summed E-state index contributed by atoms with van der Waals surface area (Å²) in [6.45, 7) is 0.802. The van der Waals surface area contributed by atoms with Gasteiger partial charge in [-0.15, -0.1) is 11.8 Å². The van der Waals surface area contributed by atoms with Crippen molar-refractivity contribution in [2.75, 3.05) is 17.2 Å². The number of fused-ring (bicyclic) bond motifs is 2. The van der Waals surface area contributed by atoms with Gasteiger partial charge in [0, 0.05) is 17.1 Å². The fourth-order valence-corrected chi connectivity index (χ4v) is 3.90. The Labute approximate surface area is 140 Å². The lowest BCUT2D eigenvalue weighted by Gasteiger charge is -2.17. The number of benzene rings is 3. The molecule has 0 saturated heterocycles. The molecule has 0 aromatic heterocycles. The zero-order valence-electron chi connectivity index (χ0n) is 12.7. The topological polar surface area (TPSA) is 20.3 Å². The quantitative estimate of drug-likeness (QED) is 0.662. The predicted molar refractivity (Wildman–Crippen MR) is 97.2 cm³/mol. The number of thioether (sulfide) groups is 1. The van der Waals surface area contributed by atoms with Crippen LogP contribution < -0.4 is 4.90 Å². The number of carbonyl (C=O) groups is 1. The molecule has 0 atom stereocenters. The molecule has 3 heteroatoms. The molecule has 3 aromatic rings. The minimum atomic E-state index is 0.188. The van der Waals surface area contributed by atoms with E-state index in [4.69, 9.17) is 0 Å². The standard InChI is InChI=1S/C20H17NOS/c22-20(21-12-11-16-6-3-4-8-19(16)21)14-23-18-10-9-15-5-1-2-7-17(15)13-18/h1-10,13H,11-12,14H2. The highest BCUT2D eigenvalue weighted by Crippen LogP contribution is 2.29. The summed E-state index contributed by atoms with van der Waals surface area (Å²) in [5.41, 5.74) is 2.35. The van der Waals surface area contributed by atoms with Crippen LogP contribution in [0.3, 0.4) is 0 Å². The van der Waals surface area contributed by atoms with E-state index in [2.05, 4.69) is 36.4 Å². The summed E-state index contributed by atoms with van der Waals surface area (Å²) in [7, 11) is 0. The fraction of sp³-hybridized carbons (Fsp3) is 0.150. The molecular formula is C20H17NOS. The largest absolute Gasteiger partial charge is 0.311 e. The first-order valence-electron chi connectivity index (χ1n) is 7.81. The number of amides is 1. The summed E-state index contributed by atoms with van der Waals surface area (Å²) in [6, 6.07) is 22.9. The maximum atomic E-state index is 12.6. The fourth-order valence-electron chi connectivity index (χ4n) is 3.08. The van der Waals surface area contributed by atoms with Crippen LogP contribution in [0.4, 0.5) is 5.69 Å². The van der Waals surface area contributed by atoms with Crippen LogP contribution in [0.1, 0.15) is 5.56 Å². The van der Waals surface area contributed by atoms with E-state index in [1.165, 1.54) is 16.3 Å². The lowest BCUT2D eigenvalue weighted by Crippen LogP contribution is -2.30. The van der Waals surface area contributed by atoms with Crippen molar-refractivity contribution in [2.45, 2.75) is 11.3 Å². The molecular weight excluding hydrogens is 302 g/mol. The average molecular weight is 319 g/mol. The summed E-state index contributed by atoms with van der Waals surface area (Å²) < 4.78 is 0. The molecule has 4 rings (SSSR count). The van der Waals surface area contributed by atoms with Crippen LogP contribution in [-0.2, 0) is 11.2 Å². The highest BCUT2D eigenvalue weighted by Gasteiger charge is 2.23. The highest BCUT2D eigenvalue weighted by atomic mass is 32.2. The third-order valence-corrected chi connectivity index (χ3v) is 5.25. The van der Waals surface area contributed by atoms with E-state index < -0.39 is 0 Å². The summed E-state index contributed by atoms with van der Waals surface area (Å²) >= 11 is 1.61. The Kier molecular flexibility index (Phi) is 3.80. The first-order chi connectivity index (χ1) is 11.3. The van der Waals surface area contributed by atoms with Gasteiger partial charge in [0.15, 0.2) is 0 Å². The summed E-state index contributed by atoms with van der Waals surface area (Å²) in [6.07, 6.45) is 0.961. The molecule has 23 heavy (non-hydrogen) atoms. The number of para-hydroxylation sites is 1. The second-order valence-corrected chi connectivity index (χ2v) is 6.77. The van der Waals surface area contributed by atoms with Crippen molar-refractivity contribution in [1.29, 1.82) is 0 Å². The van der Waals surface area contributed by atoms with Crippen molar-refractivity contribution < 1.29 is 4.79 Å². The highest BCUT2D eigenvalue weighted by molar-refractivity contribution is 8.00. The lowest BCUT2D eigenvalue weighted by atomic mass is 10.1. The van der Waals surface area contributed by atoms with Gasteiger partial charge in [0.1, 0.15) is 0 Å². The monoisotopic (exact) mass is 319 g/mol. The van der Waals surface area contributed by atoms with Gasteiger partial charge in [0.05, 0.1) is 5.75 Å². The zero-order chi connectivity index (χ0) is 15.6. The molecule has 0 fully saturated rings. The SMILES string of the molecule is O=C(CSc1ccc2ccccc2c1)N1CCc2ccccc21. The molecule has 0 unspecified atom stereocenters. The van der Waals surface area contributed by atoms with Crippen LogP contribution in [0, 0.1) is 0 Å². The van der Waals surface area contributed by atoms with Gasteiger partial charge >= 0.3 is 0 Å². The second-order valence-electron chi connectivity index (χ2n) is 5.72. The van der Waals surface area contributed by atoms with Gasteiger partial charge in [-0.25, -0.2) is 0 Å². The van der Waals surface area contributed by atoms with Crippen LogP contribution in [0.25, 0.3) is 10.8 Å². The van der Waals surface area contributed by atoms with E-state index in [9.17, 15) is 4.79 Å². The third kappa shape index (κ3) is 2.84. The number of rotatable bonds is 3. The molecule has 1 amide bonds. The van der Waals surface area contributed by atoms with E-state index in [0.717, 1.165) is 23.5 Å². The second kappa shape index (κ2) is 6.09. The van der Waals surface area contributed by atoms with Gasteiger partial charge in [0.25, 0.3) is 0 Å². The Morgan fingerprint density at radius 2 is 1.74 bits per heavy atom. The Balaban J connectivity index is 1.47. The van der Waals surface area contributed by atoms with Gasteiger partial charge < -0.3 is 4.90 Å². The lowest BCUT2D eigenvalue weighted by molar-refractivity contribution is -0.116. The van der Waals surface area contributed by atoms with E-state index in [0.29, 0.717) is 5.75 Å². The van der Waals surface area contributed by atoms with Gasteiger partial charge in [0.2, 0.25) is 5.91 Å². The maximum absolute atomic E-state index is 12.6. The normalized spacial score (nSPS) is 13.3. The summed E-state index contributed by atoms with van der Waals surface area (Å²) in [4.78, 5) is 15.6. The molecule has 1 aliphatic heterocycles. The Morgan fingerprint density at radius 3 is 2.65 bits per heavy atom. The number of anilines is 1. The Bertz CT molecular complexity index is 874. The molecule has 0 N–H and O–H groups in total. The number of carbonyl (C=O) groups excluding carboxylic acids is 1. The first-order valence-corrected chi connectivity index (χ1v) is 8.80. The average Bonchev–Trinajstić information content (AvgIpc) is 3.03. The molecule has 0 radical (unpaired) electrons. The molecule has 0 spiro atoms. The maximum Gasteiger partial charge on any atom is 0.237 e. The van der Waals surface area contributed by atoms with Crippen molar-refractivity contribution in [2.24, 2.45) is 0 Å². The number of hydrogen-bond acceptors (Lipinski definition) is 2. The van der Waals surface area contributed by atoms with E-state index in [-0.39, 0.29) is 5.91 Å². The third-order valence-electron chi connectivity index (χ3n) is 4.27. The number of hydrogen-bond donors (Lipinski definition) is 0. The van der Waals surface area contributed by atoms with Gasteiger partial charge in [-0.05, 0) is 41.0 Å².